The van der Waals surface area contributed by atoms with Gasteiger partial charge in [0.05, 0.1) is 12.5 Å². The van der Waals surface area contributed by atoms with Crippen molar-refractivity contribution in [2.45, 2.75) is 45.1 Å². The molecule has 0 radical (unpaired) electrons. The summed E-state index contributed by atoms with van der Waals surface area (Å²) in [6.45, 7) is 2.53. The summed E-state index contributed by atoms with van der Waals surface area (Å²) in [7, 11) is 0. The van der Waals surface area contributed by atoms with E-state index in [9.17, 15) is 9.59 Å². The Morgan fingerprint density at radius 2 is 1.86 bits per heavy atom. The highest BCUT2D eigenvalue weighted by atomic mass is 32.1. The van der Waals surface area contributed by atoms with Gasteiger partial charge in [-0.25, -0.2) is 0 Å². The highest BCUT2D eigenvalue weighted by Crippen LogP contribution is 2.24. The van der Waals surface area contributed by atoms with Crippen LogP contribution in [0.5, 0.6) is 0 Å². The van der Waals surface area contributed by atoms with Crippen molar-refractivity contribution in [2.75, 3.05) is 17.2 Å². The lowest BCUT2D eigenvalue weighted by molar-refractivity contribution is -0.115. The van der Waals surface area contributed by atoms with Crippen molar-refractivity contribution in [1.29, 1.82) is 0 Å². The first kappa shape index (κ1) is 25.7. The average Bonchev–Trinajstić information content (AvgIpc) is 3.53. The summed E-state index contributed by atoms with van der Waals surface area (Å²) in [6, 6.07) is 3.76. The molecule has 4 heterocycles. The summed E-state index contributed by atoms with van der Waals surface area (Å²) in [6.07, 6.45) is 13.8. The lowest BCUT2D eigenvalue weighted by Crippen LogP contribution is -2.30. The van der Waals surface area contributed by atoms with Crippen LogP contribution in [0.4, 0.5) is 10.3 Å². The van der Waals surface area contributed by atoms with E-state index < -0.39 is 0 Å². The van der Waals surface area contributed by atoms with Gasteiger partial charge in [0.2, 0.25) is 16.2 Å². The Morgan fingerprint density at radius 1 is 1.11 bits per heavy atom. The molecule has 3 aromatic rings. The largest absolute Gasteiger partial charge is 0.359 e. The van der Waals surface area contributed by atoms with Crippen LogP contribution in [0, 0.1) is 11.8 Å². The number of aliphatic imine (C=N–C) groups is 1. The lowest BCUT2D eigenvalue weighted by atomic mass is 9.86. The van der Waals surface area contributed by atoms with E-state index >= 15 is 0 Å². The minimum Gasteiger partial charge on any atom is -0.359 e. The van der Waals surface area contributed by atoms with Gasteiger partial charge in [-0.1, -0.05) is 34.8 Å². The van der Waals surface area contributed by atoms with E-state index in [4.69, 9.17) is 0 Å². The molecular weight excluding hydrogens is 496 g/mol. The maximum atomic E-state index is 12.2. The summed E-state index contributed by atoms with van der Waals surface area (Å²) in [5, 5.41) is 25.9. The van der Waals surface area contributed by atoms with Crippen molar-refractivity contribution in [3.8, 4) is 0 Å². The minimum absolute atomic E-state index is 0.0859. The molecule has 3 unspecified atom stereocenters. The number of nitrogens with one attached hydrogen (secondary N) is 2. The number of aldehydes is 1. The number of rotatable bonds is 13. The van der Waals surface area contributed by atoms with E-state index in [1.165, 1.54) is 22.7 Å². The standard InChI is InChI=1S/C24H28N8O2S2/c1-16-19(7-5-11-26-16)18(15-33)14-27-23-31-29-21(35-23)8-2-3-9-22-30-32-24(36-22)28-20(34)12-17-6-4-10-25-13-17/h4-7,10-11,13,15-16,18-19H,2-3,8-9,12,14H2,1H3,(H,27,31)(H,28,32,34). The maximum absolute atomic E-state index is 12.2. The Hall–Kier alpha value is -3.38. The molecule has 12 heteroatoms. The summed E-state index contributed by atoms with van der Waals surface area (Å²) < 4.78 is 0. The number of aromatic nitrogens is 5. The molecule has 36 heavy (non-hydrogen) atoms. The molecule has 4 rings (SSSR count). The first-order chi connectivity index (χ1) is 17.6. The Balaban J connectivity index is 1.15. The van der Waals surface area contributed by atoms with Gasteiger partial charge in [0.25, 0.3) is 0 Å². The number of unbranched alkanes of at least 4 members (excludes halogenated alkanes) is 1. The molecule has 0 spiro atoms. The van der Waals surface area contributed by atoms with Gasteiger partial charge in [-0.2, -0.15) is 0 Å². The Kier molecular flexibility index (Phi) is 9.33. The molecule has 1 amide bonds. The van der Waals surface area contributed by atoms with Gasteiger partial charge in [0.15, 0.2) is 0 Å². The highest BCUT2D eigenvalue weighted by molar-refractivity contribution is 7.15. The van der Waals surface area contributed by atoms with Gasteiger partial charge in [-0.05, 0) is 37.5 Å². The molecule has 1 aliphatic heterocycles. The smallest absolute Gasteiger partial charge is 0.230 e. The first-order valence-corrected chi connectivity index (χ1v) is 13.5. The molecule has 3 atom stereocenters. The normalized spacial score (nSPS) is 17.6. The van der Waals surface area contributed by atoms with Crippen molar-refractivity contribution >= 4 is 51.3 Å². The molecule has 3 aromatic heterocycles. The molecule has 188 valence electrons. The van der Waals surface area contributed by atoms with Crippen LogP contribution >= 0.6 is 22.7 Å². The van der Waals surface area contributed by atoms with Crippen molar-refractivity contribution in [1.82, 2.24) is 25.4 Å². The SMILES string of the molecule is CC1N=CC=CC1C(C=O)CNc1nnc(CCCCc2nnc(NC(=O)Cc3cccnc3)s2)s1. The number of hydrogen-bond acceptors (Lipinski definition) is 11. The van der Waals surface area contributed by atoms with E-state index in [1.54, 1.807) is 24.7 Å². The van der Waals surface area contributed by atoms with E-state index in [1.807, 2.05) is 25.1 Å². The Labute approximate surface area is 217 Å². The molecule has 0 bridgehead atoms. The van der Waals surface area contributed by atoms with Gasteiger partial charge in [-0.3, -0.25) is 14.8 Å². The fourth-order valence-electron chi connectivity index (χ4n) is 3.84. The maximum Gasteiger partial charge on any atom is 0.230 e. The van der Waals surface area contributed by atoms with Crippen molar-refractivity contribution in [3.63, 3.8) is 0 Å². The summed E-state index contributed by atoms with van der Waals surface area (Å²) >= 11 is 2.91. The second kappa shape index (κ2) is 13.1. The Bertz CT molecular complexity index is 1190. The molecule has 0 saturated heterocycles. The minimum atomic E-state index is -0.169. The predicted molar refractivity (Wildman–Crippen MR) is 142 cm³/mol. The quantitative estimate of drug-likeness (QED) is 0.257. The molecule has 0 aromatic carbocycles. The third kappa shape index (κ3) is 7.56. The summed E-state index contributed by atoms with van der Waals surface area (Å²) in [5.41, 5.74) is 0.851. The Morgan fingerprint density at radius 3 is 2.56 bits per heavy atom. The fraction of sp³-hybridized carbons (Fsp3) is 0.417. The van der Waals surface area contributed by atoms with E-state index in [0.717, 1.165) is 52.7 Å². The number of aryl methyl sites for hydroxylation is 2. The topological polar surface area (TPSA) is 135 Å². The van der Waals surface area contributed by atoms with Gasteiger partial charge in [0, 0.05) is 49.8 Å². The number of carbonyl (C=O) groups excluding carboxylic acids is 2. The van der Waals surface area contributed by atoms with Crippen LogP contribution in [-0.2, 0) is 28.9 Å². The van der Waals surface area contributed by atoms with Crippen molar-refractivity contribution < 1.29 is 9.59 Å². The highest BCUT2D eigenvalue weighted by Gasteiger charge is 2.25. The second-order valence-electron chi connectivity index (χ2n) is 8.48. The fourth-order valence-corrected chi connectivity index (χ4v) is 5.43. The van der Waals surface area contributed by atoms with Gasteiger partial charge < -0.3 is 15.4 Å². The van der Waals surface area contributed by atoms with Gasteiger partial charge >= 0.3 is 0 Å². The van der Waals surface area contributed by atoms with Crippen LogP contribution in [0.15, 0.2) is 41.7 Å². The molecule has 0 aliphatic carbocycles. The van der Waals surface area contributed by atoms with Gasteiger partial charge in [-0.15, -0.1) is 20.4 Å². The van der Waals surface area contributed by atoms with Crippen LogP contribution in [0.1, 0.15) is 35.3 Å². The van der Waals surface area contributed by atoms with Crippen molar-refractivity contribution in [2.24, 2.45) is 16.8 Å². The van der Waals surface area contributed by atoms with E-state index in [-0.39, 0.29) is 30.2 Å². The molecule has 2 N–H and O–H groups in total. The zero-order valence-electron chi connectivity index (χ0n) is 19.9. The second-order valence-corrected chi connectivity index (χ2v) is 10.6. The number of dihydropyridines is 1. The molecule has 10 nitrogen and oxygen atoms in total. The number of carbonyl (C=O) groups is 2. The van der Waals surface area contributed by atoms with Crippen LogP contribution < -0.4 is 10.6 Å². The summed E-state index contributed by atoms with van der Waals surface area (Å²) in [5.74, 6) is -0.218. The number of anilines is 2. The van der Waals surface area contributed by atoms with Crippen LogP contribution in [0.2, 0.25) is 0 Å². The number of amides is 1. The monoisotopic (exact) mass is 524 g/mol. The van der Waals surface area contributed by atoms with E-state index in [2.05, 4.69) is 41.0 Å². The molecule has 1 aliphatic rings. The van der Waals surface area contributed by atoms with Crippen LogP contribution in [0.25, 0.3) is 0 Å². The zero-order valence-corrected chi connectivity index (χ0v) is 21.5. The predicted octanol–water partition coefficient (Wildman–Crippen LogP) is 3.40. The van der Waals surface area contributed by atoms with Gasteiger partial charge in [0.1, 0.15) is 16.3 Å². The number of hydrogen-bond donors (Lipinski definition) is 2. The molecule has 0 saturated carbocycles. The lowest BCUT2D eigenvalue weighted by Gasteiger charge is -2.25. The zero-order chi connectivity index (χ0) is 25.2. The van der Waals surface area contributed by atoms with E-state index in [0.29, 0.717) is 11.7 Å². The first-order valence-electron chi connectivity index (χ1n) is 11.8. The average molecular weight is 525 g/mol. The molecular formula is C24H28N8O2S2. The number of pyridine rings is 1. The third-order valence-electron chi connectivity index (χ3n) is 5.75. The number of allylic oxidation sites excluding steroid dienone is 1. The molecule has 0 fully saturated rings. The van der Waals surface area contributed by atoms with Crippen LogP contribution in [-0.4, -0.2) is 56.4 Å². The van der Waals surface area contributed by atoms with Crippen molar-refractivity contribution in [3.05, 3.63) is 52.3 Å². The number of nitrogens with zero attached hydrogens (tertiary/aromatic N) is 6. The third-order valence-corrected chi connectivity index (χ3v) is 7.59. The van der Waals surface area contributed by atoms with Crippen LogP contribution in [0.3, 0.4) is 0 Å². The summed E-state index contributed by atoms with van der Waals surface area (Å²) in [4.78, 5) is 32.2.